The maximum absolute atomic E-state index is 12.5. The first-order valence-electron chi connectivity index (χ1n) is 8.53. The molecule has 5 nitrogen and oxygen atoms in total. The first kappa shape index (κ1) is 17.4. The molecule has 1 aromatic rings. The zero-order valence-corrected chi connectivity index (χ0v) is 13.5. The van der Waals surface area contributed by atoms with Crippen LogP contribution >= 0.6 is 0 Å². The zero-order valence-electron chi connectivity index (χ0n) is 13.5. The molecule has 8 heteroatoms. The molecule has 2 heterocycles. The van der Waals surface area contributed by atoms with Gasteiger partial charge in [-0.2, -0.15) is 13.2 Å². The third kappa shape index (κ3) is 4.16. The van der Waals surface area contributed by atoms with E-state index in [9.17, 15) is 18.3 Å². The Hall–Kier alpha value is -1.41. The van der Waals surface area contributed by atoms with E-state index >= 15 is 0 Å². The lowest BCUT2D eigenvalue weighted by Gasteiger charge is -2.41. The molecule has 0 spiro atoms. The first-order chi connectivity index (χ1) is 11.4. The second-order valence-electron chi connectivity index (χ2n) is 6.68. The Bertz CT molecular complexity index is 529. The van der Waals surface area contributed by atoms with E-state index in [4.69, 9.17) is 0 Å². The highest BCUT2D eigenvalue weighted by atomic mass is 19.4. The van der Waals surface area contributed by atoms with Gasteiger partial charge in [-0.05, 0) is 37.8 Å². The fraction of sp³-hybridized carbons (Fsp3) is 0.750. The number of hydrogen-bond acceptors (Lipinski definition) is 5. The van der Waals surface area contributed by atoms with Gasteiger partial charge in [-0.15, -0.1) is 10.2 Å². The second-order valence-corrected chi connectivity index (χ2v) is 6.68. The molecule has 1 aliphatic carbocycles. The van der Waals surface area contributed by atoms with Crippen LogP contribution in [0.3, 0.4) is 0 Å². The third-order valence-corrected chi connectivity index (χ3v) is 5.00. The number of aromatic nitrogens is 2. The smallest absolute Gasteiger partial charge is 0.391 e. The highest BCUT2D eigenvalue weighted by Crippen LogP contribution is 2.28. The number of aliphatic hydroxyl groups is 1. The molecular formula is C16H23F3N4O. The molecule has 2 aliphatic rings. The molecule has 2 N–H and O–H groups in total. The molecule has 0 amide bonds. The zero-order chi connectivity index (χ0) is 17.2. The Kier molecular flexibility index (Phi) is 5.24. The molecule has 2 atom stereocenters. The molecule has 1 aromatic heterocycles. The van der Waals surface area contributed by atoms with Gasteiger partial charge in [0.15, 0.2) is 5.69 Å². The monoisotopic (exact) mass is 344 g/mol. The van der Waals surface area contributed by atoms with Crippen molar-refractivity contribution in [1.82, 2.24) is 15.1 Å². The summed E-state index contributed by atoms with van der Waals surface area (Å²) in [6.07, 6.45) is 1.26. The highest BCUT2D eigenvalue weighted by Gasteiger charge is 2.33. The summed E-state index contributed by atoms with van der Waals surface area (Å²) in [5, 5.41) is 20.2. The minimum absolute atomic E-state index is 0.174. The van der Waals surface area contributed by atoms with Crippen molar-refractivity contribution in [3.05, 3.63) is 17.8 Å². The minimum atomic E-state index is -4.46. The normalized spacial score (nSPS) is 27.2. The average molecular weight is 344 g/mol. The second kappa shape index (κ2) is 7.23. The molecule has 2 unspecified atom stereocenters. The molecule has 1 aliphatic heterocycles. The Balaban J connectivity index is 1.50. The quantitative estimate of drug-likeness (QED) is 0.883. The molecule has 0 bridgehead atoms. The van der Waals surface area contributed by atoms with Crippen LogP contribution in [-0.2, 0) is 6.18 Å². The lowest BCUT2D eigenvalue weighted by atomic mass is 9.89. The number of nitrogens with one attached hydrogen (secondary N) is 1. The van der Waals surface area contributed by atoms with Gasteiger partial charge in [0, 0.05) is 25.2 Å². The topological polar surface area (TPSA) is 61.3 Å². The summed E-state index contributed by atoms with van der Waals surface area (Å²) in [6.45, 7) is 1.76. The van der Waals surface area contributed by atoms with Crippen molar-refractivity contribution in [2.45, 2.75) is 62.9 Å². The van der Waals surface area contributed by atoms with Crippen LogP contribution in [-0.4, -0.2) is 51.5 Å². The molecule has 134 valence electrons. The van der Waals surface area contributed by atoms with Gasteiger partial charge in [-0.25, -0.2) is 0 Å². The number of piperidine rings is 1. The number of nitrogens with zero attached hydrogens (tertiary/aromatic N) is 3. The number of aliphatic hydroxyl groups excluding tert-OH is 1. The van der Waals surface area contributed by atoms with Crippen LogP contribution in [0.5, 0.6) is 0 Å². The maximum Gasteiger partial charge on any atom is 0.435 e. The van der Waals surface area contributed by atoms with Gasteiger partial charge >= 0.3 is 6.18 Å². The van der Waals surface area contributed by atoms with Gasteiger partial charge in [-0.1, -0.05) is 12.8 Å². The molecular weight excluding hydrogens is 321 g/mol. The van der Waals surface area contributed by atoms with E-state index in [-0.39, 0.29) is 18.2 Å². The largest absolute Gasteiger partial charge is 0.435 e. The average Bonchev–Trinajstić information content (AvgIpc) is 2.56. The van der Waals surface area contributed by atoms with Crippen molar-refractivity contribution < 1.29 is 18.3 Å². The number of alkyl halides is 3. The van der Waals surface area contributed by atoms with E-state index < -0.39 is 11.9 Å². The minimum Gasteiger partial charge on any atom is -0.391 e. The van der Waals surface area contributed by atoms with Gasteiger partial charge in [0.25, 0.3) is 0 Å². The lowest BCUT2D eigenvalue weighted by Crippen LogP contribution is -2.50. The SMILES string of the molecule is OC1CCCCC1N1CCC(Nc2ccc(C(F)(F)F)nn2)CC1. The Labute approximate surface area is 139 Å². The van der Waals surface area contributed by atoms with Crippen LogP contribution in [0.25, 0.3) is 0 Å². The maximum atomic E-state index is 12.5. The van der Waals surface area contributed by atoms with Crippen LogP contribution in [0.4, 0.5) is 19.0 Å². The Morgan fingerprint density at radius 1 is 1.04 bits per heavy atom. The van der Waals surface area contributed by atoms with Gasteiger partial charge in [0.2, 0.25) is 0 Å². The van der Waals surface area contributed by atoms with Gasteiger partial charge in [0.05, 0.1) is 6.10 Å². The van der Waals surface area contributed by atoms with Crippen molar-refractivity contribution in [3.63, 3.8) is 0 Å². The van der Waals surface area contributed by atoms with Crippen molar-refractivity contribution in [2.24, 2.45) is 0 Å². The number of halogens is 3. The van der Waals surface area contributed by atoms with Crippen molar-refractivity contribution in [2.75, 3.05) is 18.4 Å². The molecule has 1 saturated heterocycles. The van der Waals surface area contributed by atoms with Crippen LogP contribution < -0.4 is 5.32 Å². The highest BCUT2D eigenvalue weighted by molar-refractivity contribution is 5.34. The van der Waals surface area contributed by atoms with Gasteiger partial charge < -0.3 is 10.4 Å². The van der Waals surface area contributed by atoms with E-state index in [0.29, 0.717) is 5.82 Å². The fourth-order valence-electron chi connectivity index (χ4n) is 3.66. The van der Waals surface area contributed by atoms with E-state index in [2.05, 4.69) is 20.4 Å². The summed E-state index contributed by atoms with van der Waals surface area (Å²) in [4.78, 5) is 2.35. The predicted molar refractivity (Wildman–Crippen MR) is 83.5 cm³/mol. The number of anilines is 1. The van der Waals surface area contributed by atoms with Crippen molar-refractivity contribution in [1.29, 1.82) is 0 Å². The summed E-state index contributed by atoms with van der Waals surface area (Å²) in [5.74, 6) is 0.374. The Morgan fingerprint density at radius 2 is 1.75 bits per heavy atom. The number of likely N-dealkylation sites (tertiary alicyclic amines) is 1. The van der Waals surface area contributed by atoms with E-state index in [1.165, 1.54) is 12.5 Å². The molecule has 24 heavy (non-hydrogen) atoms. The fourth-order valence-corrected chi connectivity index (χ4v) is 3.66. The van der Waals surface area contributed by atoms with Crippen molar-refractivity contribution in [3.8, 4) is 0 Å². The summed E-state index contributed by atoms with van der Waals surface area (Å²) in [6, 6.07) is 2.70. The molecule has 0 radical (unpaired) electrons. The molecule has 3 rings (SSSR count). The molecule has 0 aromatic carbocycles. The molecule has 1 saturated carbocycles. The summed E-state index contributed by atoms with van der Waals surface area (Å²) < 4.78 is 37.4. The van der Waals surface area contributed by atoms with Crippen LogP contribution in [0.1, 0.15) is 44.2 Å². The van der Waals surface area contributed by atoms with Crippen LogP contribution in [0.15, 0.2) is 12.1 Å². The summed E-state index contributed by atoms with van der Waals surface area (Å²) in [5.41, 5.74) is -0.978. The van der Waals surface area contributed by atoms with E-state index in [0.717, 1.165) is 51.3 Å². The molecule has 2 fully saturated rings. The number of rotatable bonds is 3. The van der Waals surface area contributed by atoms with E-state index in [1.807, 2.05) is 0 Å². The van der Waals surface area contributed by atoms with Crippen LogP contribution in [0.2, 0.25) is 0 Å². The summed E-state index contributed by atoms with van der Waals surface area (Å²) >= 11 is 0. The lowest BCUT2D eigenvalue weighted by molar-refractivity contribution is -0.141. The summed E-state index contributed by atoms with van der Waals surface area (Å²) in [7, 11) is 0. The number of hydrogen-bond donors (Lipinski definition) is 2. The third-order valence-electron chi connectivity index (χ3n) is 5.00. The van der Waals surface area contributed by atoms with E-state index in [1.54, 1.807) is 0 Å². The van der Waals surface area contributed by atoms with Gasteiger partial charge in [-0.3, -0.25) is 4.90 Å². The first-order valence-corrected chi connectivity index (χ1v) is 8.53. The standard InChI is InChI=1S/C16H23F3N4O/c17-16(18,19)14-5-6-15(22-21-14)20-11-7-9-23(10-8-11)12-3-1-2-4-13(12)24/h5-6,11-13,24H,1-4,7-10H2,(H,20,22). The van der Waals surface area contributed by atoms with Gasteiger partial charge in [0.1, 0.15) is 5.82 Å². The van der Waals surface area contributed by atoms with Crippen LogP contribution in [0, 0.1) is 0 Å². The Morgan fingerprint density at radius 3 is 2.33 bits per heavy atom. The predicted octanol–water partition coefficient (Wildman–Crippen LogP) is 2.68. The van der Waals surface area contributed by atoms with Crippen molar-refractivity contribution >= 4 is 5.82 Å².